The number of nitrogens with zero attached hydrogens (tertiary/aromatic N) is 2. The molecular weight excluding hydrogens is 216 g/mol. The second kappa shape index (κ2) is 3.87. The third kappa shape index (κ3) is 1.54. The van der Waals surface area contributed by atoms with Crippen LogP contribution in [0.15, 0.2) is 35.4 Å². The van der Waals surface area contributed by atoms with Crippen LogP contribution in [0.2, 0.25) is 5.02 Å². The predicted octanol–water partition coefficient (Wildman–Crippen LogP) is 3.46. The minimum absolute atomic E-state index is 0.594. The average Bonchev–Trinajstić information content (AvgIpc) is 2.23. The zero-order valence-corrected chi connectivity index (χ0v) is 8.64. The number of thioether (sulfide) groups is 1. The number of benzene rings is 1. The smallest absolute Gasteiger partial charge is 0.138 e. The van der Waals surface area contributed by atoms with Crippen molar-refractivity contribution in [2.45, 2.75) is 4.90 Å². The van der Waals surface area contributed by atoms with Crippen LogP contribution in [-0.4, -0.2) is 4.98 Å². The van der Waals surface area contributed by atoms with Crippen LogP contribution in [0.3, 0.4) is 0 Å². The van der Waals surface area contributed by atoms with E-state index in [1.165, 1.54) is 0 Å². The topological polar surface area (TPSA) is 36.7 Å². The van der Waals surface area contributed by atoms with E-state index in [-0.39, 0.29) is 0 Å². The van der Waals surface area contributed by atoms with E-state index in [0.717, 1.165) is 27.6 Å². The summed E-state index contributed by atoms with van der Waals surface area (Å²) in [5, 5.41) is 12.2. The van der Waals surface area contributed by atoms with Gasteiger partial charge in [-0.2, -0.15) is 5.26 Å². The third-order valence-electron chi connectivity index (χ3n) is 1.84. The van der Waals surface area contributed by atoms with Crippen LogP contribution >= 0.6 is 23.4 Å². The Morgan fingerprint density at radius 2 is 2.21 bits per heavy atom. The van der Waals surface area contributed by atoms with Crippen molar-refractivity contribution in [3.63, 3.8) is 0 Å². The number of aromatic nitrogens is 1. The molecule has 2 aromatic rings. The molecule has 0 radical (unpaired) electrons. The van der Waals surface area contributed by atoms with Crippen LogP contribution in [0.4, 0.5) is 0 Å². The van der Waals surface area contributed by atoms with Crippen LogP contribution in [0.1, 0.15) is 0 Å². The van der Waals surface area contributed by atoms with E-state index in [4.69, 9.17) is 16.9 Å². The first-order valence-corrected chi connectivity index (χ1v) is 5.11. The van der Waals surface area contributed by atoms with Crippen LogP contribution in [-0.2, 0) is 0 Å². The normalized spacial score (nSPS) is 10.0. The zero-order valence-electron chi connectivity index (χ0n) is 7.07. The van der Waals surface area contributed by atoms with Gasteiger partial charge in [-0.1, -0.05) is 17.7 Å². The molecule has 0 unspecified atom stereocenters. The minimum atomic E-state index is 0.594. The van der Waals surface area contributed by atoms with Gasteiger partial charge in [0.05, 0.1) is 15.4 Å². The Kier molecular flexibility index (Phi) is 2.58. The fourth-order valence-corrected chi connectivity index (χ4v) is 2.07. The summed E-state index contributed by atoms with van der Waals surface area (Å²) >= 11 is 7.05. The van der Waals surface area contributed by atoms with E-state index in [1.54, 1.807) is 12.3 Å². The summed E-state index contributed by atoms with van der Waals surface area (Å²) in [5.74, 6) is 0. The first-order valence-electron chi connectivity index (χ1n) is 3.92. The SMILES string of the molecule is N#CSc1c(Cl)ccc2ncccc12. The van der Waals surface area contributed by atoms with Gasteiger partial charge in [0.15, 0.2) is 0 Å². The quantitative estimate of drug-likeness (QED) is 0.546. The van der Waals surface area contributed by atoms with Crippen molar-refractivity contribution >= 4 is 34.3 Å². The zero-order chi connectivity index (χ0) is 9.97. The lowest BCUT2D eigenvalue weighted by molar-refractivity contribution is 1.39. The third-order valence-corrected chi connectivity index (χ3v) is 3.00. The van der Waals surface area contributed by atoms with Crippen molar-refractivity contribution in [1.29, 1.82) is 5.26 Å². The number of rotatable bonds is 1. The molecule has 0 N–H and O–H groups in total. The second-order valence-corrected chi connectivity index (χ2v) is 3.84. The van der Waals surface area contributed by atoms with Crippen LogP contribution in [0, 0.1) is 10.7 Å². The van der Waals surface area contributed by atoms with Gasteiger partial charge in [0.2, 0.25) is 0 Å². The molecule has 2 rings (SSSR count). The van der Waals surface area contributed by atoms with Gasteiger partial charge < -0.3 is 0 Å². The van der Waals surface area contributed by atoms with Gasteiger partial charge >= 0.3 is 0 Å². The molecule has 0 saturated heterocycles. The Balaban J connectivity index is 2.77. The summed E-state index contributed by atoms with van der Waals surface area (Å²) in [5.41, 5.74) is 0.856. The predicted molar refractivity (Wildman–Crippen MR) is 58.2 cm³/mol. The van der Waals surface area contributed by atoms with Gasteiger partial charge in [-0.05, 0) is 30.0 Å². The highest BCUT2D eigenvalue weighted by Gasteiger charge is 2.06. The van der Waals surface area contributed by atoms with Crippen molar-refractivity contribution < 1.29 is 0 Å². The van der Waals surface area contributed by atoms with Crippen LogP contribution in [0.5, 0.6) is 0 Å². The molecule has 68 valence electrons. The molecule has 2 nitrogen and oxygen atoms in total. The molecule has 4 heteroatoms. The number of pyridine rings is 1. The van der Waals surface area contributed by atoms with Gasteiger partial charge in [0.25, 0.3) is 0 Å². The fraction of sp³-hybridized carbons (Fsp3) is 0. The van der Waals surface area contributed by atoms with Crippen molar-refractivity contribution in [3.05, 3.63) is 35.5 Å². The van der Waals surface area contributed by atoms with Crippen molar-refractivity contribution in [1.82, 2.24) is 4.98 Å². The van der Waals surface area contributed by atoms with E-state index in [0.29, 0.717) is 5.02 Å². The summed E-state index contributed by atoms with van der Waals surface area (Å²) in [6.07, 6.45) is 1.72. The Morgan fingerprint density at radius 1 is 1.36 bits per heavy atom. The number of hydrogen-bond acceptors (Lipinski definition) is 3. The second-order valence-electron chi connectivity index (χ2n) is 2.64. The molecule has 0 aliphatic heterocycles. The van der Waals surface area contributed by atoms with Gasteiger partial charge in [-0.15, -0.1) is 0 Å². The lowest BCUT2D eigenvalue weighted by atomic mass is 10.2. The molecule has 1 aromatic heterocycles. The summed E-state index contributed by atoms with van der Waals surface area (Å²) in [6, 6.07) is 7.35. The number of fused-ring (bicyclic) bond motifs is 1. The summed E-state index contributed by atoms with van der Waals surface area (Å²) in [7, 11) is 0. The highest BCUT2D eigenvalue weighted by molar-refractivity contribution is 8.04. The standard InChI is InChI=1S/C10H5ClN2S/c11-8-3-4-9-7(2-1-5-13-9)10(8)14-6-12/h1-5H. The molecule has 0 amide bonds. The van der Waals surface area contributed by atoms with E-state index in [1.807, 2.05) is 23.6 Å². The molecule has 0 fully saturated rings. The molecule has 0 spiro atoms. The Labute approximate surface area is 90.5 Å². The Morgan fingerprint density at radius 3 is 3.00 bits per heavy atom. The molecule has 0 atom stereocenters. The minimum Gasteiger partial charge on any atom is -0.256 e. The highest BCUT2D eigenvalue weighted by Crippen LogP contribution is 2.32. The average molecular weight is 221 g/mol. The van der Waals surface area contributed by atoms with Crippen LogP contribution in [0.25, 0.3) is 10.9 Å². The lowest BCUT2D eigenvalue weighted by Crippen LogP contribution is -1.81. The summed E-state index contributed by atoms with van der Waals surface area (Å²) in [6.45, 7) is 0. The molecule has 1 aromatic carbocycles. The number of nitriles is 1. The number of hydrogen-bond donors (Lipinski definition) is 0. The Hall–Kier alpha value is -1.24. The maximum atomic E-state index is 8.64. The van der Waals surface area contributed by atoms with Gasteiger partial charge in [0.1, 0.15) is 5.40 Å². The van der Waals surface area contributed by atoms with Gasteiger partial charge in [-0.3, -0.25) is 4.98 Å². The van der Waals surface area contributed by atoms with E-state index < -0.39 is 0 Å². The lowest BCUT2D eigenvalue weighted by Gasteiger charge is -2.02. The van der Waals surface area contributed by atoms with Crippen molar-refractivity contribution in [2.75, 3.05) is 0 Å². The monoisotopic (exact) mass is 220 g/mol. The van der Waals surface area contributed by atoms with Crippen molar-refractivity contribution in [2.24, 2.45) is 0 Å². The molecule has 0 aliphatic carbocycles. The van der Waals surface area contributed by atoms with E-state index in [9.17, 15) is 0 Å². The first-order chi connectivity index (χ1) is 6.83. The van der Waals surface area contributed by atoms with Crippen molar-refractivity contribution in [3.8, 4) is 5.40 Å². The van der Waals surface area contributed by atoms with Crippen LogP contribution < -0.4 is 0 Å². The largest absolute Gasteiger partial charge is 0.256 e. The van der Waals surface area contributed by atoms with Gasteiger partial charge in [-0.25, -0.2) is 0 Å². The van der Waals surface area contributed by atoms with Gasteiger partial charge in [0, 0.05) is 11.6 Å². The fourth-order valence-electron chi connectivity index (χ4n) is 1.25. The molecule has 0 bridgehead atoms. The molecule has 0 saturated carbocycles. The Bertz CT molecular complexity index is 519. The maximum Gasteiger partial charge on any atom is 0.138 e. The molecule has 0 aliphatic rings. The molecular formula is C10H5ClN2S. The number of thiocyanates is 1. The molecule has 14 heavy (non-hydrogen) atoms. The summed E-state index contributed by atoms with van der Waals surface area (Å²) < 4.78 is 0. The maximum absolute atomic E-state index is 8.64. The van der Waals surface area contributed by atoms with E-state index >= 15 is 0 Å². The highest BCUT2D eigenvalue weighted by atomic mass is 35.5. The summed E-state index contributed by atoms with van der Waals surface area (Å²) in [4.78, 5) is 4.96. The molecule has 1 heterocycles. The number of halogens is 1. The first kappa shape index (κ1) is 9.32. The van der Waals surface area contributed by atoms with E-state index in [2.05, 4.69) is 4.98 Å².